The SMILES string of the molecule is CC(C)(CNC(=O)C(=O)Nc1ccc(-c2nc3ccccc3o2)cc1)CNC(=O)c1ccc(Nc2nc(NC3(c4ccc(Cl)cc4)CC3)nc(OCC(F)(F)F)n2)cc1. The number of oxazole rings is 1. The second-order valence-electron chi connectivity index (χ2n) is 14.6. The minimum atomic E-state index is -4.61. The zero-order valence-electron chi connectivity index (χ0n) is 31.6. The molecule has 0 bridgehead atoms. The summed E-state index contributed by atoms with van der Waals surface area (Å²) in [7, 11) is 0. The average Bonchev–Trinajstić information content (AvgIpc) is 3.85. The van der Waals surface area contributed by atoms with Crippen molar-refractivity contribution in [2.45, 2.75) is 38.4 Å². The Bertz CT molecular complexity index is 2440. The third-order valence-electron chi connectivity index (χ3n) is 9.23. The van der Waals surface area contributed by atoms with Crippen molar-refractivity contribution in [1.82, 2.24) is 30.6 Å². The fourth-order valence-corrected chi connectivity index (χ4v) is 6.00. The molecule has 14 nitrogen and oxygen atoms in total. The van der Waals surface area contributed by atoms with Gasteiger partial charge in [-0.25, -0.2) is 4.98 Å². The van der Waals surface area contributed by atoms with E-state index in [-0.39, 0.29) is 25.0 Å². The summed E-state index contributed by atoms with van der Waals surface area (Å²) in [6, 6.07) is 27.0. The summed E-state index contributed by atoms with van der Waals surface area (Å²) in [5.74, 6) is -1.75. The molecule has 0 unspecified atom stereocenters. The topological polar surface area (TPSA) is 185 Å². The third kappa shape index (κ3) is 10.6. The van der Waals surface area contributed by atoms with Crippen LogP contribution in [0.15, 0.2) is 101 Å². The van der Waals surface area contributed by atoms with Gasteiger partial charge >= 0.3 is 24.0 Å². The Morgan fingerprint density at radius 2 is 1.44 bits per heavy atom. The van der Waals surface area contributed by atoms with Gasteiger partial charge in [-0.3, -0.25) is 14.4 Å². The van der Waals surface area contributed by atoms with E-state index in [9.17, 15) is 27.6 Å². The van der Waals surface area contributed by atoms with Crippen LogP contribution in [0.5, 0.6) is 6.01 Å². The molecule has 1 aliphatic carbocycles. The molecule has 0 spiro atoms. The summed E-state index contributed by atoms with van der Waals surface area (Å²) < 4.78 is 49.6. The standard InChI is InChI=1S/C41H37ClF3N9O5/c1-39(2,22-47-33(56)34(57)48-28-17-9-25(10-18-28)35-50-30-5-3-4-6-31(30)59-35)21-46-32(55)24-7-15-29(16-8-24)49-36-51-37(53-38(52-36)58-23-41(43,44)45)54-40(19-20-40)26-11-13-27(42)14-12-26/h3-18H,19-23H2,1-2H3,(H,46,55)(H,47,56)(H,48,57)(H2,49,51,52,53,54). The molecule has 7 rings (SSSR count). The van der Waals surface area contributed by atoms with Gasteiger partial charge in [0, 0.05) is 40.6 Å². The van der Waals surface area contributed by atoms with Gasteiger partial charge in [-0.15, -0.1) is 0 Å². The van der Waals surface area contributed by atoms with Crippen molar-refractivity contribution in [1.29, 1.82) is 0 Å². The lowest BCUT2D eigenvalue weighted by molar-refractivity contribution is -0.154. The Labute approximate surface area is 340 Å². The zero-order valence-corrected chi connectivity index (χ0v) is 32.4. The predicted octanol–water partition coefficient (Wildman–Crippen LogP) is 7.63. The average molecular weight is 828 g/mol. The van der Waals surface area contributed by atoms with Gasteiger partial charge in [0.15, 0.2) is 12.2 Å². The first-order valence-electron chi connectivity index (χ1n) is 18.3. The van der Waals surface area contributed by atoms with E-state index < -0.39 is 47.5 Å². The summed E-state index contributed by atoms with van der Waals surface area (Å²) >= 11 is 6.04. The lowest BCUT2D eigenvalue weighted by Gasteiger charge is -2.25. The van der Waals surface area contributed by atoms with Crippen LogP contribution < -0.4 is 31.3 Å². The molecule has 0 radical (unpaired) electrons. The molecule has 18 heteroatoms. The number of amides is 3. The minimum absolute atomic E-state index is 0.00545. The number of carbonyl (C=O) groups is 3. The van der Waals surface area contributed by atoms with Crippen molar-refractivity contribution in [2.24, 2.45) is 5.41 Å². The number of aromatic nitrogens is 4. The second-order valence-corrected chi connectivity index (χ2v) is 15.1. The minimum Gasteiger partial charge on any atom is -0.454 e. The van der Waals surface area contributed by atoms with E-state index >= 15 is 0 Å². The van der Waals surface area contributed by atoms with E-state index in [4.69, 9.17) is 20.8 Å². The summed E-state index contributed by atoms with van der Waals surface area (Å²) in [4.78, 5) is 55.2. The van der Waals surface area contributed by atoms with Gasteiger partial charge in [0.25, 0.3) is 5.91 Å². The highest BCUT2D eigenvalue weighted by molar-refractivity contribution is 6.39. The third-order valence-corrected chi connectivity index (χ3v) is 9.48. The molecule has 6 aromatic rings. The van der Waals surface area contributed by atoms with Gasteiger partial charge < -0.3 is 35.7 Å². The molecule has 59 heavy (non-hydrogen) atoms. The highest BCUT2D eigenvalue weighted by atomic mass is 35.5. The molecule has 2 aromatic heterocycles. The Morgan fingerprint density at radius 3 is 2.12 bits per heavy atom. The summed E-state index contributed by atoms with van der Waals surface area (Å²) in [5, 5.41) is 14.7. The smallest absolute Gasteiger partial charge is 0.422 e. The van der Waals surface area contributed by atoms with Crippen molar-refractivity contribution in [3.05, 3.63) is 113 Å². The summed E-state index contributed by atoms with van der Waals surface area (Å²) in [5.41, 5.74) is 2.97. The molecular weight excluding hydrogens is 791 g/mol. The van der Waals surface area contributed by atoms with Crippen LogP contribution in [0, 0.1) is 5.41 Å². The monoisotopic (exact) mass is 827 g/mol. The molecule has 0 atom stereocenters. The van der Waals surface area contributed by atoms with E-state index in [0.717, 1.165) is 23.9 Å². The maximum atomic E-state index is 13.0. The highest BCUT2D eigenvalue weighted by Gasteiger charge is 2.45. The molecule has 0 aliphatic heterocycles. The lowest BCUT2D eigenvalue weighted by atomic mass is 9.93. The number of nitrogens with zero attached hydrogens (tertiary/aromatic N) is 4. The van der Waals surface area contributed by atoms with E-state index in [1.165, 1.54) is 12.1 Å². The predicted molar refractivity (Wildman–Crippen MR) is 214 cm³/mol. The number of para-hydroxylation sites is 2. The summed E-state index contributed by atoms with van der Waals surface area (Å²) in [6.45, 7) is 2.27. The number of rotatable bonds is 14. The van der Waals surface area contributed by atoms with E-state index in [1.54, 1.807) is 48.5 Å². The number of nitrogens with one attached hydrogen (secondary N) is 5. The van der Waals surface area contributed by atoms with Crippen LogP contribution in [-0.2, 0) is 15.1 Å². The van der Waals surface area contributed by atoms with Crippen LogP contribution in [0.1, 0.15) is 42.6 Å². The molecule has 1 aliphatic rings. The quantitative estimate of drug-likeness (QED) is 0.0680. The van der Waals surface area contributed by atoms with Gasteiger partial charge in [0.1, 0.15) is 5.52 Å². The molecule has 2 heterocycles. The summed E-state index contributed by atoms with van der Waals surface area (Å²) in [6.07, 6.45) is -3.15. The molecule has 1 saturated carbocycles. The number of hydrogen-bond donors (Lipinski definition) is 5. The molecule has 4 aromatic carbocycles. The van der Waals surface area contributed by atoms with Crippen molar-refractivity contribution in [2.75, 3.05) is 35.6 Å². The number of ether oxygens (including phenoxy) is 1. The fraction of sp³-hybridized carbons (Fsp3) is 0.244. The van der Waals surface area contributed by atoms with Gasteiger partial charge in [-0.05, 0) is 96.6 Å². The van der Waals surface area contributed by atoms with Crippen molar-refractivity contribution in [3.8, 4) is 17.5 Å². The van der Waals surface area contributed by atoms with Crippen LogP contribution in [-0.4, -0.2) is 63.5 Å². The Hall–Kier alpha value is -6.75. The van der Waals surface area contributed by atoms with E-state index in [2.05, 4.69) is 46.5 Å². The number of alkyl halides is 3. The maximum Gasteiger partial charge on any atom is 0.422 e. The zero-order chi connectivity index (χ0) is 41.8. The molecular formula is C41H37ClF3N9O5. The number of hydrogen-bond acceptors (Lipinski definition) is 11. The van der Waals surface area contributed by atoms with Crippen LogP contribution >= 0.6 is 11.6 Å². The number of fused-ring (bicyclic) bond motifs is 1. The Morgan fingerprint density at radius 1 is 0.780 bits per heavy atom. The van der Waals surface area contributed by atoms with Crippen molar-refractivity contribution >= 4 is 63.7 Å². The maximum absolute atomic E-state index is 13.0. The van der Waals surface area contributed by atoms with Gasteiger partial charge in [-0.1, -0.05) is 49.7 Å². The molecule has 3 amide bonds. The molecule has 0 saturated heterocycles. The molecule has 304 valence electrons. The normalized spacial score (nSPS) is 13.3. The molecule has 5 N–H and O–H groups in total. The van der Waals surface area contributed by atoms with Crippen LogP contribution in [0.2, 0.25) is 5.02 Å². The fourth-order valence-electron chi connectivity index (χ4n) is 5.87. The molecule has 1 fully saturated rings. The van der Waals surface area contributed by atoms with Crippen LogP contribution in [0.4, 0.5) is 36.4 Å². The van der Waals surface area contributed by atoms with Gasteiger partial charge in [0.05, 0.1) is 5.54 Å². The van der Waals surface area contributed by atoms with E-state index in [1.807, 2.05) is 50.2 Å². The Balaban J connectivity index is 0.902. The largest absolute Gasteiger partial charge is 0.454 e. The number of halogens is 4. The first-order chi connectivity index (χ1) is 28.1. The number of benzene rings is 4. The van der Waals surface area contributed by atoms with Crippen LogP contribution in [0.3, 0.4) is 0 Å². The first-order valence-corrected chi connectivity index (χ1v) is 18.7. The van der Waals surface area contributed by atoms with Crippen molar-refractivity contribution in [3.63, 3.8) is 0 Å². The number of anilines is 4. The van der Waals surface area contributed by atoms with Crippen molar-refractivity contribution < 1.29 is 36.7 Å². The number of carbonyl (C=O) groups excluding carboxylic acids is 3. The van der Waals surface area contributed by atoms with Crippen LogP contribution in [0.25, 0.3) is 22.6 Å². The van der Waals surface area contributed by atoms with Gasteiger partial charge in [-0.2, -0.15) is 28.1 Å². The Kier molecular flexibility index (Phi) is 11.4. The highest BCUT2D eigenvalue weighted by Crippen LogP contribution is 2.48. The van der Waals surface area contributed by atoms with E-state index in [0.29, 0.717) is 39.0 Å². The van der Waals surface area contributed by atoms with Gasteiger partial charge in [0.2, 0.25) is 17.8 Å². The lowest BCUT2D eigenvalue weighted by Crippen LogP contribution is -2.44. The first kappa shape index (κ1) is 40.4. The second kappa shape index (κ2) is 16.6.